The minimum Gasteiger partial charge on any atom is -0.390 e. The molecule has 2 aliphatic rings. The molecule has 4 nitrogen and oxygen atoms in total. The largest absolute Gasteiger partial charge is 0.390 e. The molecule has 1 saturated heterocycles. The molecule has 2 rings (SSSR count). The van der Waals surface area contributed by atoms with Crippen molar-refractivity contribution in [2.75, 3.05) is 19.8 Å². The number of hydrogen-bond acceptors (Lipinski definition) is 4. The molecular formula is C22H44N2O2. The summed E-state index contributed by atoms with van der Waals surface area (Å²) in [5, 5.41) is 13.2. The molecule has 0 aromatic carbocycles. The van der Waals surface area contributed by atoms with Gasteiger partial charge >= 0.3 is 0 Å². The molecule has 1 heterocycles. The van der Waals surface area contributed by atoms with Gasteiger partial charge in [-0.3, -0.25) is 0 Å². The van der Waals surface area contributed by atoms with Crippen molar-refractivity contribution in [3.8, 4) is 0 Å². The molecule has 26 heavy (non-hydrogen) atoms. The molecule has 0 aromatic heterocycles. The Morgan fingerprint density at radius 1 is 0.846 bits per heavy atom. The molecule has 3 atom stereocenters. The van der Waals surface area contributed by atoms with Gasteiger partial charge in [-0.2, -0.15) is 0 Å². The molecule has 0 spiro atoms. The summed E-state index contributed by atoms with van der Waals surface area (Å²) in [6.45, 7) is 2.75. The quantitative estimate of drug-likeness (QED) is 0.403. The third kappa shape index (κ3) is 9.16. The predicted octanol–water partition coefficient (Wildman–Crippen LogP) is 4.14. The summed E-state index contributed by atoms with van der Waals surface area (Å²) in [4.78, 5) is 0. The lowest BCUT2D eigenvalue weighted by Crippen LogP contribution is -2.37. The first kappa shape index (κ1) is 22.1. The van der Waals surface area contributed by atoms with E-state index < -0.39 is 0 Å². The van der Waals surface area contributed by atoms with Gasteiger partial charge in [-0.1, -0.05) is 70.6 Å². The Kier molecular flexibility index (Phi) is 11.9. The Morgan fingerprint density at radius 3 is 2.08 bits per heavy atom. The van der Waals surface area contributed by atoms with Gasteiger partial charge in [0, 0.05) is 31.8 Å². The molecule has 4 N–H and O–H groups in total. The van der Waals surface area contributed by atoms with Crippen LogP contribution in [0.3, 0.4) is 0 Å². The Bertz CT molecular complexity index is 334. The predicted molar refractivity (Wildman–Crippen MR) is 109 cm³/mol. The first-order valence-electron chi connectivity index (χ1n) is 11.5. The van der Waals surface area contributed by atoms with Gasteiger partial charge in [-0.05, 0) is 31.6 Å². The molecule has 0 bridgehead atoms. The average molecular weight is 369 g/mol. The monoisotopic (exact) mass is 368 g/mol. The fraction of sp³-hybridized carbons (Fsp3) is 1.00. The Labute approximate surface area is 161 Å². The average Bonchev–Trinajstić information content (AvgIpc) is 2.98. The Morgan fingerprint density at radius 2 is 1.46 bits per heavy atom. The number of nitrogens with two attached hydrogens (primary N) is 1. The summed E-state index contributed by atoms with van der Waals surface area (Å²) in [5.74, 6) is 0.855. The topological polar surface area (TPSA) is 67.5 Å². The number of hydrogen-bond donors (Lipinski definition) is 3. The van der Waals surface area contributed by atoms with Gasteiger partial charge < -0.3 is 20.9 Å². The molecule has 2 fully saturated rings. The summed E-state index contributed by atoms with van der Waals surface area (Å²) in [6.07, 6.45) is 19.7. The minimum absolute atomic E-state index is 0.0716. The number of aliphatic hydroxyl groups is 1. The summed E-state index contributed by atoms with van der Waals surface area (Å²) >= 11 is 0. The number of rotatable bonds is 14. The second-order valence-corrected chi connectivity index (χ2v) is 8.72. The second kappa shape index (κ2) is 13.9. The van der Waals surface area contributed by atoms with Crippen LogP contribution in [-0.4, -0.2) is 43.1 Å². The fourth-order valence-corrected chi connectivity index (χ4v) is 4.51. The highest BCUT2D eigenvalue weighted by Crippen LogP contribution is 2.23. The maximum atomic E-state index is 9.90. The van der Waals surface area contributed by atoms with Gasteiger partial charge in [0.05, 0.1) is 6.10 Å². The van der Waals surface area contributed by atoms with Gasteiger partial charge in [-0.15, -0.1) is 0 Å². The number of ether oxygens (including phenoxy) is 1. The molecule has 0 radical (unpaired) electrons. The van der Waals surface area contributed by atoms with E-state index in [9.17, 15) is 5.11 Å². The van der Waals surface area contributed by atoms with Gasteiger partial charge in [0.15, 0.2) is 0 Å². The zero-order valence-electron chi connectivity index (χ0n) is 17.0. The molecule has 154 valence electrons. The molecule has 1 aliphatic carbocycles. The van der Waals surface area contributed by atoms with Crippen LogP contribution in [0.1, 0.15) is 96.3 Å². The zero-order valence-corrected chi connectivity index (χ0v) is 17.0. The molecule has 0 aromatic rings. The van der Waals surface area contributed by atoms with Gasteiger partial charge in [0.2, 0.25) is 0 Å². The highest BCUT2D eigenvalue weighted by molar-refractivity contribution is 4.92. The SMILES string of the molecule is N[C@H]1CN[C@H](CCCCCCCCCCCOCC2CCCCC2)[C@H]1O. The van der Waals surface area contributed by atoms with Gasteiger partial charge in [-0.25, -0.2) is 0 Å². The first-order chi connectivity index (χ1) is 12.8. The molecule has 1 saturated carbocycles. The van der Waals surface area contributed by atoms with Crippen molar-refractivity contribution in [1.29, 1.82) is 0 Å². The number of nitrogens with one attached hydrogen (secondary N) is 1. The van der Waals surface area contributed by atoms with Crippen molar-refractivity contribution in [1.82, 2.24) is 5.32 Å². The van der Waals surface area contributed by atoms with Crippen molar-refractivity contribution in [3.63, 3.8) is 0 Å². The highest BCUT2D eigenvalue weighted by Gasteiger charge is 2.30. The summed E-state index contributed by atoms with van der Waals surface area (Å²) in [6, 6.07) is 0.156. The lowest BCUT2D eigenvalue weighted by molar-refractivity contribution is 0.0824. The third-order valence-electron chi connectivity index (χ3n) is 6.35. The van der Waals surface area contributed by atoms with Crippen LogP contribution in [0.5, 0.6) is 0 Å². The van der Waals surface area contributed by atoms with Crippen molar-refractivity contribution in [2.45, 2.75) is 114 Å². The van der Waals surface area contributed by atoms with Crippen molar-refractivity contribution < 1.29 is 9.84 Å². The third-order valence-corrected chi connectivity index (χ3v) is 6.35. The lowest BCUT2D eigenvalue weighted by atomic mass is 9.90. The van der Waals surface area contributed by atoms with E-state index >= 15 is 0 Å². The summed E-state index contributed by atoms with van der Waals surface area (Å²) in [5.41, 5.74) is 5.82. The van der Waals surface area contributed by atoms with Crippen LogP contribution in [0.15, 0.2) is 0 Å². The molecule has 0 unspecified atom stereocenters. The van der Waals surface area contributed by atoms with E-state index in [1.54, 1.807) is 0 Å². The van der Waals surface area contributed by atoms with Crippen LogP contribution >= 0.6 is 0 Å². The van der Waals surface area contributed by atoms with Crippen molar-refractivity contribution >= 4 is 0 Å². The molecular weight excluding hydrogens is 324 g/mol. The molecule has 0 amide bonds. The van der Waals surface area contributed by atoms with E-state index in [0.717, 1.165) is 32.1 Å². The lowest BCUT2D eigenvalue weighted by Gasteiger charge is -2.21. The van der Waals surface area contributed by atoms with E-state index in [1.165, 1.54) is 89.9 Å². The maximum absolute atomic E-state index is 9.90. The van der Waals surface area contributed by atoms with E-state index in [1.807, 2.05) is 0 Å². The smallest absolute Gasteiger partial charge is 0.0856 e. The summed E-state index contributed by atoms with van der Waals surface area (Å²) in [7, 11) is 0. The Hall–Kier alpha value is -0.160. The van der Waals surface area contributed by atoms with Gasteiger partial charge in [0.25, 0.3) is 0 Å². The van der Waals surface area contributed by atoms with Crippen LogP contribution in [0, 0.1) is 5.92 Å². The first-order valence-corrected chi connectivity index (χ1v) is 11.5. The number of unbranched alkanes of at least 4 members (excludes halogenated alkanes) is 8. The Balaban J connectivity index is 1.26. The van der Waals surface area contributed by atoms with E-state index in [-0.39, 0.29) is 18.2 Å². The van der Waals surface area contributed by atoms with Crippen LogP contribution in [0.25, 0.3) is 0 Å². The van der Waals surface area contributed by atoms with Crippen LogP contribution < -0.4 is 11.1 Å². The van der Waals surface area contributed by atoms with E-state index in [2.05, 4.69) is 5.32 Å². The molecule has 1 aliphatic heterocycles. The van der Waals surface area contributed by atoms with Gasteiger partial charge in [0.1, 0.15) is 0 Å². The van der Waals surface area contributed by atoms with Crippen molar-refractivity contribution in [3.05, 3.63) is 0 Å². The molecule has 4 heteroatoms. The highest BCUT2D eigenvalue weighted by atomic mass is 16.5. The fourth-order valence-electron chi connectivity index (χ4n) is 4.51. The summed E-state index contributed by atoms with van der Waals surface area (Å²) < 4.78 is 5.87. The van der Waals surface area contributed by atoms with E-state index in [4.69, 9.17) is 10.5 Å². The number of aliphatic hydroxyl groups excluding tert-OH is 1. The maximum Gasteiger partial charge on any atom is 0.0856 e. The minimum atomic E-state index is -0.346. The van der Waals surface area contributed by atoms with Crippen molar-refractivity contribution in [2.24, 2.45) is 11.7 Å². The standard InChI is InChI=1S/C22H44N2O2/c23-20-17-24-21(22(20)25)15-11-6-4-2-1-3-5-7-12-16-26-18-19-13-9-8-10-14-19/h19-22,24-25H,1-18,23H2/t20-,21+,22-/m0/s1. The van der Waals surface area contributed by atoms with Crippen LogP contribution in [0.4, 0.5) is 0 Å². The van der Waals surface area contributed by atoms with Crippen LogP contribution in [-0.2, 0) is 4.74 Å². The second-order valence-electron chi connectivity index (χ2n) is 8.72. The van der Waals surface area contributed by atoms with Crippen LogP contribution in [0.2, 0.25) is 0 Å². The normalized spacial score (nSPS) is 27.2. The van der Waals surface area contributed by atoms with E-state index in [0.29, 0.717) is 0 Å². The zero-order chi connectivity index (χ0) is 18.5.